The maximum atomic E-state index is 11.8. The van der Waals surface area contributed by atoms with Crippen molar-refractivity contribution in [1.82, 2.24) is 5.06 Å². The highest BCUT2D eigenvalue weighted by Crippen LogP contribution is 2.13. The van der Waals surface area contributed by atoms with E-state index >= 15 is 0 Å². The molecule has 0 radical (unpaired) electrons. The number of hydrogen-bond donors (Lipinski definition) is 0. The van der Waals surface area contributed by atoms with Crippen LogP contribution in [0.5, 0.6) is 0 Å². The largest absolute Gasteiger partial charge is 0.317 e. The molecule has 0 bridgehead atoms. The van der Waals surface area contributed by atoms with E-state index in [1.54, 1.807) is 18.2 Å². The minimum absolute atomic E-state index is 0.0279. The van der Waals surface area contributed by atoms with Crippen molar-refractivity contribution in [1.29, 1.82) is 0 Å². The number of nitrogens with zero attached hydrogens (tertiary/aromatic N) is 1. The van der Waals surface area contributed by atoms with Crippen LogP contribution < -0.4 is 0 Å². The highest BCUT2D eigenvalue weighted by molar-refractivity contribution is 7.86. The van der Waals surface area contributed by atoms with Crippen LogP contribution in [-0.4, -0.2) is 26.4 Å². The van der Waals surface area contributed by atoms with Crippen molar-refractivity contribution in [2.24, 2.45) is 0 Å². The van der Waals surface area contributed by atoms with E-state index in [9.17, 15) is 13.2 Å². The Morgan fingerprint density at radius 3 is 2.44 bits per heavy atom. The molecule has 1 aromatic rings. The third kappa shape index (κ3) is 4.12. The van der Waals surface area contributed by atoms with Gasteiger partial charge in [-0.25, -0.2) is 5.06 Å². The van der Waals surface area contributed by atoms with Gasteiger partial charge in [0, 0.05) is 13.5 Å². The van der Waals surface area contributed by atoms with Crippen LogP contribution in [0.25, 0.3) is 0 Å². The molecule has 0 aromatic heterocycles. The van der Waals surface area contributed by atoms with Gasteiger partial charge in [-0.05, 0) is 18.6 Å². The highest BCUT2D eigenvalue weighted by Gasteiger charge is 2.20. The minimum Gasteiger partial charge on any atom is -0.273 e. The summed E-state index contributed by atoms with van der Waals surface area (Å²) in [5, 5.41) is 0.776. The highest BCUT2D eigenvalue weighted by atomic mass is 32.2. The summed E-state index contributed by atoms with van der Waals surface area (Å²) in [4.78, 5) is 11.6. The first-order chi connectivity index (χ1) is 8.47. The standard InChI is InChI=1S/C12H17NO4S/c1-3-4-10-12(14)13(2)17-18(15,16)11-8-6-5-7-9-11/h5-9H,3-4,10H2,1-2H3. The Labute approximate surface area is 107 Å². The molecule has 0 saturated carbocycles. The van der Waals surface area contributed by atoms with Crippen LogP contribution in [0.3, 0.4) is 0 Å². The van der Waals surface area contributed by atoms with Crippen LogP contribution in [0.2, 0.25) is 0 Å². The number of carbonyl (C=O) groups excluding carboxylic acids is 1. The van der Waals surface area contributed by atoms with Crippen LogP contribution in [0.4, 0.5) is 0 Å². The zero-order chi connectivity index (χ0) is 13.6. The second kappa shape index (κ2) is 6.51. The van der Waals surface area contributed by atoms with Gasteiger partial charge in [0.25, 0.3) is 0 Å². The van der Waals surface area contributed by atoms with Crippen LogP contribution >= 0.6 is 0 Å². The number of rotatable bonds is 6. The molecule has 0 unspecified atom stereocenters. The monoisotopic (exact) mass is 271 g/mol. The number of amides is 1. The van der Waals surface area contributed by atoms with Gasteiger partial charge in [-0.15, -0.1) is 4.28 Å². The summed E-state index contributed by atoms with van der Waals surface area (Å²) in [6.07, 6.45) is 1.85. The lowest BCUT2D eigenvalue weighted by molar-refractivity contribution is -0.151. The minimum atomic E-state index is -3.92. The Kier molecular flexibility index (Phi) is 5.30. The van der Waals surface area contributed by atoms with Crippen molar-refractivity contribution in [3.8, 4) is 0 Å². The molecule has 1 aromatic carbocycles. The van der Waals surface area contributed by atoms with Crippen LogP contribution in [0, 0.1) is 0 Å². The van der Waals surface area contributed by atoms with E-state index < -0.39 is 10.1 Å². The van der Waals surface area contributed by atoms with Gasteiger partial charge < -0.3 is 0 Å². The van der Waals surface area contributed by atoms with E-state index in [2.05, 4.69) is 0 Å². The van der Waals surface area contributed by atoms with Gasteiger partial charge >= 0.3 is 10.1 Å². The molecular formula is C12H17NO4S. The lowest BCUT2D eigenvalue weighted by Gasteiger charge is -2.15. The van der Waals surface area contributed by atoms with E-state index in [0.717, 1.165) is 11.5 Å². The molecular weight excluding hydrogens is 254 g/mol. The maximum absolute atomic E-state index is 11.8. The fourth-order valence-corrected chi connectivity index (χ4v) is 2.26. The van der Waals surface area contributed by atoms with Crippen molar-refractivity contribution in [3.05, 3.63) is 30.3 Å². The van der Waals surface area contributed by atoms with Crippen LogP contribution in [0.15, 0.2) is 35.2 Å². The SMILES string of the molecule is CCCCC(=O)N(C)OS(=O)(=O)c1ccccc1. The second-order valence-electron chi connectivity index (χ2n) is 3.84. The van der Waals surface area contributed by atoms with Crippen molar-refractivity contribution in [2.45, 2.75) is 31.1 Å². The molecule has 1 amide bonds. The van der Waals surface area contributed by atoms with Gasteiger partial charge in [0.2, 0.25) is 5.91 Å². The lowest BCUT2D eigenvalue weighted by atomic mass is 10.2. The molecule has 0 heterocycles. The van der Waals surface area contributed by atoms with Gasteiger partial charge in [-0.1, -0.05) is 31.5 Å². The molecule has 0 atom stereocenters. The average molecular weight is 271 g/mol. The molecule has 0 aliphatic rings. The molecule has 1 rings (SSSR count). The Morgan fingerprint density at radius 2 is 1.89 bits per heavy atom. The molecule has 6 heteroatoms. The number of carbonyl (C=O) groups is 1. The summed E-state index contributed by atoms with van der Waals surface area (Å²) in [6, 6.07) is 7.72. The Hall–Kier alpha value is -1.40. The summed E-state index contributed by atoms with van der Waals surface area (Å²) in [6.45, 7) is 1.95. The molecule has 0 fully saturated rings. The Balaban J connectivity index is 2.69. The van der Waals surface area contributed by atoms with Gasteiger partial charge in [0.05, 0.1) is 4.90 Å². The van der Waals surface area contributed by atoms with Crippen molar-refractivity contribution in [3.63, 3.8) is 0 Å². The first-order valence-corrected chi connectivity index (χ1v) is 7.14. The zero-order valence-electron chi connectivity index (χ0n) is 10.5. The number of hydrogen-bond acceptors (Lipinski definition) is 4. The first-order valence-electron chi connectivity index (χ1n) is 5.73. The van der Waals surface area contributed by atoms with Gasteiger partial charge in [0.1, 0.15) is 0 Å². The van der Waals surface area contributed by atoms with Gasteiger partial charge in [0.15, 0.2) is 0 Å². The normalized spacial score (nSPS) is 11.2. The number of hydroxylamine groups is 2. The first kappa shape index (κ1) is 14.7. The van der Waals surface area contributed by atoms with E-state index in [-0.39, 0.29) is 17.2 Å². The summed E-state index contributed by atoms with van der Waals surface area (Å²) in [5.74, 6) is -0.351. The molecule has 0 saturated heterocycles. The van der Waals surface area contributed by atoms with Crippen molar-refractivity contribution >= 4 is 16.0 Å². The molecule has 0 aliphatic carbocycles. The molecule has 5 nitrogen and oxygen atoms in total. The van der Waals surface area contributed by atoms with Gasteiger partial charge in [-0.2, -0.15) is 8.42 Å². The third-order valence-corrected chi connectivity index (χ3v) is 3.61. The molecule has 0 N–H and O–H groups in total. The quantitative estimate of drug-likeness (QED) is 0.742. The zero-order valence-corrected chi connectivity index (χ0v) is 11.3. The van der Waals surface area contributed by atoms with E-state index in [0.29, 0.717) is 6.42 Å². The van der Waals surface area contributed by atoms with E-state index in [4.69, 9.17) is 4.28 Å². The third-order valence-electron chi connectivity index (χ3n) is 2.34. The van der Waals surface area contributed by atoms with E-state index in [1.807, 2.05) is 6.92 Å². The summed E-state index contributed by atoms with van der Waals surface area (Å²) in [5.41, 5.74) is 0. The summed E-state index contributed by atoms with van der Waals surface area (Å²) in [7, 11) is -2.62. The van der Waals surface area contributed by atoms with E-state index in [1.165, 1.54) is 19.2 Å². The number of benzene rings is 1. The van der Waals surface area contributed by atoms with Crippen LogP contribution in [0.1, 0.15) is 26.2 Å². The molecule has 0 spiro atoms. The molecule has 100 valence electrons. The van der Waals surface area contributed by atoms with Gasteiger partial charge in [-0.3, -0.25) is 4.79 Å². The lowest BCUT2D eigenvalue weighted by Crippen LogP contribution is -2.29. The van der Waals surface area contributed by atoms with Crippen molar-refractivity contribution < 1.29 is 17.5 Å². The number of unbranched alkanes of at least 4 members (excludes halogenated alkanes) is 1. The Bertz CT molecular complexity index is 484. The Morgan fingerprint density at radius 1 is 1.28 bits per heavy atom. The fraction of sp³-hybridized carbons (Fsp3) is 0.417. The predicted octanol–water partition coefficient (Wildman–Crippen LogP) is 1.96. The van der Waals surface area contributed by atoms with Crippen LogP contribution in [-0.2, 0) is 19.2 Å². The topological polar surface area (TPSA) is 63.7 Å². The average Bonchev–Trinajstić information content (AvgIpc) is 2.36. The second-order valence-corrected chi connectivity index (χ2v) is 5.37. The molecule has 18 heavy (non-hydrogen) atoms. The summed E-state index contributed by atoms with van der Waals surface area (Å²) >= 11 is 0. The summed E-state index contributed by atoms with van der Waals surface area (Å²) < 4.78 is 28.3. The predicted molar refractivity (Wildman–Crippen MR) is 67.0 cm³/mol. The van der Waals surface area contributed by atoms with Crippen molar-refractivity contribution in [2.75, 3.05) is 7.05 Å². The maximum Gasteiger partial charge on any atom is 0.317 e. The smallest absolute Gasteiger partial charge is 0.273 e. The fourth-order valence-electron chi connectivity index (χ4n) is 1.30. The molecule has 0 aliphatic heterocycles.